The molecule has 150 valence electrons. The maximum absolute atomic E-state index is 12.6. The van der Waals surface area contributed by atoms with Crippen LogP contribution in [-0.4, -0.2) is 46.0 Å². The molecule has 29 heavy (non-hydrogen) atoms. The van der Waals surface area contributed by atoms with E-state index in [-0.39, 0.29) is 11.5 Å². The van der Waals surface area contributed by atoms with E-state index in [1.165, 1.54) is 11.8 Å². The normalized spacial score (nSPS) is 14.0. The predicted molar refractivity (Wildman–Crippen MR) is 111 cm³/mol. The second kappa shape index (κ2) is 7.96. The molecule has 1 aliphatic carbocycles. The maximum atomic E-state index is 12.6. The number of nitrogens with one attached hydrogen (secondary N) is 1. The van der Waals surface area contributed by atoms with Gasteiger partial charge in [0.25, 0.3) is 0 Å². The van der Waals surface area contributed by atoms with Gasteiger partial charge in [0.05, 0.1) is 12.0 Å². The Bertz CT molecular complexity index is 1120. The number of thioether (sulfide) groups is 1. The predicted octanol–water partition coefficient (Wildman–Crippen LogP) is 3.02. The fraction of sp³-hybridized carbons (Fsp3) is 0.263. The number of carbonyl (C=O) groups excluding carboxylic acids is 1. The summed E-state index contributed by atoms with van der Waals surface area (Å²) in [5, 5.41) is 9.33. The van der Waals surface area contributed by atoms with E-state index in [2.05, 4.69) is 24.5 Å². The van der Waals surface area contributed by atoms with Crippen LogP contribution in [0.1, 0.15) is 29.2 Å². The molecule has 0 atom stereocenters. The van der Waals surface area contributed by atoms with Gasteiger partial charge in [0.15, 0.2) is 16.8 Å². The second-order valence-electron chi connectivity index (χ2n) is 6.81. The first-order chi connectivity index (χ1) is 13.9. The lowest BCUT2D eigenvalue weighted by atomic mass is 10.1. The van der Waals surface area contributed by atoms with E-state index < -0.39 is 10.0 Å². The minimum absolute atomic E-state index is 0.0609. The number of rotatable bonds is 8. The Morgan fingerprint density at radius 1 is 1.21 bits per heavy atom. The highest BCUT2D eigenvalue weighted by molar-refractivity contribution is 7.99. The number of hydrogen-bond donors (Lipinski definition) is 1. The number of carbonyl (C=O) groups is 1. The molecule has 1 saturated carbocycles. The molecule has 0 unspecified atom stereocenters. The van der Waals surface area contributed by atoms with E-state index in [1.54, 1.807) is 36.7 Å². The third-order valence-electron chi connectivity index (χ3n) is 4.34. The quantitative estimate of drug-likeness (QED) is 0.433. The molecule has 1 N–H and O–H groups in total. The summed E-state index contributed by atoms with van der Waals surface area (Å²) in [7, 11) is -3.35. The van der Waals surface area contributed by atoms with Crippen LogP contribution < -0.4 is 4.72 Å². The molecule has 0 aliphatic heterocycles. The lowest BCUT2D eigenvalue weighted by Crippen LogP contribution is -2.10. The third kappa shape index (κ3) is 4.83. The van der Waals surface area contributed by atoms with Crippen molar-refractivity contribution in [3.63, 3.8) is 0 Å². The Hall–Kier alpha value is -2.72. The Balaban J connectivity index is 1.47. The number of Topliss-reactive ketones (excluding diaryl/α,β-unsaturated/α-hetero) is 1. The number of sulfonamides is 1. The zero-order valence-corrected chi connectivity index (χ0v) is 17.3. The molecule has 2 aromatic heterocycles. The highest BCUT2D eigenvalue weighted by Gasteiger charge is 2.30. The average Bonchev–Trinajstić information content (AvgIpc) is 3.45. The summed E-state index contributed by atoms with van der Waals surface area (Å²) in [4.78, 5) is 16.7. The van der Waals surface area contributed by atoms with Crippen LogP contribution in [0, 0.1) is 0 Å². The van der Waals surface area contributed by atoms with Crippen LogP contribution in [0.2, 0.25) is 0 Å². The van der Waals surface area contributed by atoms with Gasteiger partial charge in [-0.05, 0) is 49.2 Å². The fourth-order valence-corrected chi connectivity index (χ4v) is 4.35. The average molecular weight is 430 g/mol. The highest BCUT2D eigenvalue weighted by Crippen LogP contribution is 2.41. The van der Waals surface area contributed by atoms with E-state index in [4.69, 9.17) is 0 Å². The number of pyridine rings is 1. The van der Waals surface area contributed by atoms with E-state index >= 15 is 0 Å². The van der Waals surface area contributed by atoms with Crippen LogP contribution in [0.25, 0.3) is 11.4 Å². The highest BCUT2D eigenvalue weighted by atomic mass is 32.2. The fourth-order valence-electron chi connectivity index (χ4n) is 2.88. The molecular weight excluding hydrogens is 410 g/mol. The smallest absolute Gasteiger partial charge is 0.229 e. The van der Waals surface area contributed by atoms with Crippen molar-refractivity contribution in [2.75, 3.05) is 16.7 Å². The molecule has 1 aliphatic rings. The van der Waals surface area contributed by atoms with E-state index in [0.717, 1.165) is 35.6 Å². The summed E-state index contributed by atoms with van der Waals surface area (Å²) >= 11 is 1.36. The van der Waals surface area contributed by atoms with Crippen LogP contribution in [0.3, 0.4) is 0 Å². The molecule has 1 fully saturated rings. The molecule has 2 heterocycles. The van der Waals surface area contributed by atoms with Crippen LogP contribution >= 0.6 is 11.8 Å². The van der Waals surface area contributed by atoms with Gasteiger partial charge < -0.3 is 0 Å². The van der Waals surface area contributed by atoms with Gasteiger partial charge in [0.2, 0.25) is 10.0 Å². The standard InChI is InChI=1S/C19H19N5O3S2/c1-29(26,27)23-15-6-4-13(5-7-15)17(25)12-28-19-22-21-18(24(19)16-8-9-16)14-3-2-10-20-11-14/h2-7,10-11,16,23H,8-9,12H2,1H3. The van der Waals surface area contributed by atoms with E-state index in [9.17, 15) is 13.2 Å². The van der Waals surface area contributed by atoms with Gasteiger partial charge in [0.1, 0.15) is 0 Å². The van der Waals surface area contributed by atoms with Crippen molar-refractivity contribution < 1.29 is 13.2 Å². The van der Waals surface area contributed by atoms with Crippen LogP contribution in [-0.2, 0) is 10.0 Å². The molecule has 0 saturated heterocycles. The van der Waals surface area contributed by atoms with Gasteiger partial charge >= 0.3 is 0 Å². The molecule has 0 radical (unpaired) electrons. The van der Waals surface area contributed by atoms with Crippen molar-refractivity contribution in [2.45, 2.75) is 24.0 Å². The molecule has 8 nitrogen and oxygen atoms in total. The van der Waals surface area contributed by atoms with Gasteiger partial charge in [-0.25, -0.2) is 8.42 Å². The van der Waals surface area contributed by atoms with Gasteiger partial charge in [-0.2, -0.15) is 0 Å². The summed E-state index contributed by atoms with van der Waals surface area (Å²) in [6.07, 6.45) is 6.70. The minimum Gasteiger partial charge on any atom is -0.299 e. The summed E-state index contributed by atoms with van der Waals surface area (Å²) in [6.45, 7) is 0. The molecular formula is C19H19N5O3S2. The summed E-state index contributed by atoms with van der Waals surface area (Å²) in [6, 6.07) is 10.5. The Kier molecular flexibility index (Phi) is 5.37. The Morgan fingerprint density at radius 3 is 2.59 bits per heavy atom. The van der Waals surface area contributed by atoms with Crippen molar-refractivity contribution in [3.8, 4) is 11.4 Å². The van der Waals surface area contributed by atoms with Crippen molar-refractivity contribution in [2.24, 2.45) is 0 Å². The largest absolute Gasteiger partial charge is 0.299 e. The van der Waals surface area contributed by atoms with Gasteiger partial charge in [-0.15, -0.1) is 10.2 Å². The maximum Gasteiger partial charge on any atom is 0.229 e. The van der Waals surface area contributed by atoms with Crippen molar-refractivity contribution in [1.82, 2.24) is 19.7 Å². The van der Waals surface area contributed by atoms with Gasteiger partial charge in [0, 0.05) is 35.2 Å². The second-order valence-corrected chi connectivity index (χ2v) is 9.50. The number of aromatic nitrogens is 4. The van der Waals surface area contributed by atoms with Crippen molar-refractivity contribution in [3.05, 3.63) is 54.4 Å². The molecule has 0 spiro atoms. The lowest BCUT2D eigenvalue weighted by Gasteiger charge is -2.08. The summed E-state index contributed by atoms with van der Waals surface area (Å²) < 4.78 is 27.0. The Labute approximate surface area is 172 Å². The first-order valence-corrected chi connectivity index (χ1v) is 11.9. The first kappa shape index (κ1) is 19.6. The minimum atomic E-state index is -3.35. The first-order valence-electron chi connectivity index (χ1n) is 9.00. The summed E-state index contributed by atoms with van der Waals surface area (Å²) in [5.74, 6) is 0.928. The molecule has 1 aromatic carbocycles. The van der Waals surface area contributed by atoms with E-state index in [1.807, 2.05) is 12.1 Å². The molecule has 0 bridgehead atoms. The number of benzene rings is 1. The van der Waals surface area contributed by atoms with Crippen LogP contribution in [0.5, 0.6) is 0 Å². The topological polar surface area (TPSA) is 107 Å². The molecule has 3 aromatic rings. The third-order valence-corrected chi connectivity index (χ3v) is 5.89. The van der Waals surface area contributed by atoms with Crippen molar-refractivity contribution >= 4 is 33.3 Å². The zero-order chi connectivity index (χ0) is 20.4. The summed E-state index contributed by atoms with van der Waals surface area (Å²) in [5.41, 5.74) is 1.84. The Morgan fingerprint density at radius 2 is 1.97 bits per heavy atom. The lowest BCUT2D eigenvalue weighted by molar-refractivity contribution is 0.102. The number of nitrogens with zero attached hydrogens (tertiary/aromatic N) is 4. The number of anilines is 1. The monoisotopic (exact) mass is 429 g/mol. The van der Waals surface area contributed by atoms with Crippen LogP contribution in [0.15, 0.2) is 53.9 Å². The molecule has 10 heteroatoms. The van der Waals surface area contributed by atoms with Crippen molar-refractivity contribution in [1.29, 1.82) is 0 Å². The van der Waals surface area contributed by atoms with Gasteiger partial charge in [-0.3, -0.25) is 19.1 Å². The molecule has 0 amide bonds. The number of hydrogen-bond acceptors (Lipinski definition) is 7. The number of ketones is 1. The van der Waals surface area contributed by atoms with Crippen LogP contribution in [0.4, 0.5) is 5.69 Å². The SMILES string of the molecule is CS(=O)(=O)Nc1ccc(C(=O)CSc2nnc(-c3cccnc3)n2C2CC2)cc1. The van der Waals surface area contributed by atoms with E-state index in [0.29, 0.717) is 17.3 Å². The van der Waals surface area contributed by atoms with Gasteiger partial charge in [-0.1, -0.05) is 11.8 Å². The molecule has 4 rings (SSSR count). The zero-order valence-electron chi connectivity index (χ0n) is 15.6.